The molecule has 0 spiro atoms. The van der Waals surface area contributed by atoms with Gasteiger partial charge in [-0.15, -0.1) is 0 Å². The zero-order chi connectivity index (χ0) is 8.81. The maximum Gasteiger partial charge on any atom is -0.0276 e. The van der Waals surface area contributed by atoms with Crippen molar-refractivity contribution < 1.29 is 0 Å². The first kappa shape index (κ1) is 9.31. The molecule has 0 aliphatic carbocycles. The van der Waals surface area contributed by atoms with Crippen LogP contribution in [0.2, 0.25) is 0 Å². The molecule has 1 rings (SSSR count). The Kier molecular flexibility index (Phi) is 3.86. The number of rotatable bonds is 4. The lowest BCUT2D eigenvalue weighted by molar-refractivity contribution is 0.700. The first-order valence-corrected chi connectivity index (χ1v) is 4.66. The summed E-state index contributed by atoms with van der Waals surface area (Å²) in [5.74, 6) is 0.716. The van der Waals surface area contributed by atoms with Gasteiger partial charge in [-0.2, -0.15) is 0 Å². The number of hydrogen-bond acceptors (Lipinski definition) is 0. The molecule has 0 aliphatic heterocycles. The van der Waals surface area contributed by atoms with Crippen molar-refractivity contribution in [3.8, 4) is 0 Å². The molecular formula is C12H17. The van der Waals surface area contributed by atoms with E-state index in [1.807, 2.05) is 0 Å². The Hall–Kier alpha value is -0.780. The maximum absolute atomic E-state index is 2.37. The summed E-state index contributed by atoms with van der Waals surface area (Å²) < 4.78 is 0. The molecule has 0 unspecified atom stereocenters. The van der Waals surface area contributed by atoms with E-state index in [0.29, 0.717) is 5.92 Å². The summed E-state index contributed by atoms with van der Waals surface area (Å²) in [5, 5.41) is 0. The van der Waals surface area contributed by atoms with Crippen molar-refractivity contribution in [1.82, 2.24) is 0 Å². The summed E-state index contributed by atoms with van der Waals surface area (Å²) in [7, 11) is 0. The Labute approximate surface area is 75.6 Å². The second kappa shape index (κ2) is 4.97. The van der Waals surface area contributed by atoms with Gasteiger partial charge in [0.25, 0.3) is 0 Å². The third kappa shape index (κ3) is 3.56. The van der Waals surface area contributed by atoms with E-state index >= 15 is 0 Å². The quantitative estimate of drug-likeness (QED) is 0.634. The van der Waals surface area contributed by atoms with Gasteiger partial charge in [-0.25, -0.2) is 0 Å². The van der Waals surface area contributed by atoms with E-state index in [0.717, 1.165) is 0 Å². The van der Waals surface area contributed by atoms with Crippen LogP contribution in [0, 0.1) is 12.3 Å². The second-order valence-electron chi connectivity index (χ2n) is 3.50. The highest BCUT2D eigenvalue weighted by molar-refractivity contribution is 5.14. The molecular weight excluding hydrogens is 144 g/mol. The topological polar surface area (TPSA) is 0 Å². The van der Waals surface area contributed by atoms with E-state index in [1.54, 1.807) is 0 Å². The average molecular weight is 161 g/mol. The molecule has 0 nitrogen and oxygen atoms in total. The fourth-order valence-electron chi connectivity index (χ4n) is 1.23. The molecule has 0 heteroatoms. The lowest BCUT2D eigenvalue weighted by Gasteiger charge is -2.03. The van der Waals surface area contributed by atoms with Crippen LogP contribution in [0.5, 0.6) is 0 Å². The molecule has 0 saturated heterocycles. The predicted octanol–water partition coefficient (Wildman–Crippen LogP) is 3.48. The van der Waals surface area contributed by atoms with E-state index in [2.05, 4.69) is 50.6 Å². The van der Waals surface area contributed by atoms with Crippen molar-refractivity contribution >= 4 is 0 Å². The third-order valence-corrected chi connectivity index (χ3v) is 1.91. The Balaban J connectivity index is 2.25. The molecule has 0 saturated carbocycles. The van der Waals surface area contributed by atoms with Crippen molar-refractivity contribution in [1.29, 1.82) is 0 Å². The van der Waals surface area contributed by atoms with Gasteiger partial charge in [-0.05, 0) is 30.7 Å². The molecule has 0 N–H and O–H groups in total. The first-order valence-electron chi connectivity index (χ1n) is 4.66. The smallest absolute Gasteiger partial charge is 0.0276 e. The lowest BCUT2D eigenvalue weighted by Crippen LogP contribution is -1.91. The van der Waals surface area contributed by atoms with E-state index in [9.17, 15) is 0 Å². The van der Waals surface area contributed by atoms with Crippen molar-refractivity contribution in [2.75, 3.05) is 0 Å². The standard InChI is InChI=1S/C12H17/c1-11(2)7-6-10-12-8-4-3-5-9-12/h3-5,7-9,11H,6,10H2,1-2H3. The number of aryl methyl sites for hydroxylation is 1. The predicted molar refractivity (Wildman–Crippen MR) is 53.9 cm³/mol. The molecule has 1 radical (unpaired) electrons. The number of hydrogen-bond donors (Lipinski definition) is 0. The van der Waals surface area contributed by atoms with Crippen LogP contribution in [-0.2, 0) is 6.42 Å². The van der Waals surface area contributed by atoms with Gasteiger partial charge in [-0.3, -0.25) is 0 Å². The van der Waals surface area contributed by atoms with Crippen molar-refractivity contribution in [2.45, 2.75) is 26.7 Å². The summed E-state index contributed by atoms with van der Waals surface area (Å²) in [6, 6.07) is 10.6. The van der Waals surface area contributed by atoms with Crippen LogP contribution < -0.4 is 0 Å². The normalized spacial score (nSPS) is 10.6. The van der Waals surface area contributed by atoms with Crippen LogP contribution >= 0.6 is 0 Å². The van der Waals surface area contributed by atoms with E-state index in [-0.39, 0.29) is 0 Å². The van der Waals surface area contributed by atoms with E-state index in [1.165, 1.54) is 18.4 Å². The fraction of sp³-hybridized carbons (Fsp3) is 0.417. The summed E-state index contributed by atoms with van der Waals surface area (Å²) in [6.45, 7) is 4.45. The first-order chi connectivity index (χ1) is 5.79. The van der Waals surface area contributed by atoms with Crippen LogP contribution in [0.15, 0.2) is 30.3 Å². The van der Waals surface area contributed by atoms with E-state index in [4.69, 9.17) is 0 Å². The number of benzene rings is 1. The Morgan fingerprint density at radius 3 is 2.42 bits per heavy atom. The summed E-state index contributed by atoms with van der Waals surface area (Å²) in [4.78, 5) is 0. The van der Waals surface area contributed by atoms with Gasteiger partial charge in [0.1, 0.15) is 0 Å². The molecule has 0 fully saturated rings. The molecule has 1 aromatic carbocycles. The van der Waals surface area contributed by atoms with Gasteiger partial charge in [0.2, 0.25) is 0 Å². The Morgan fingerprint density at radius 1 is 1.17 bits per heavy atom. The Bertz CT molecular complexity index is 199. The van der Waals surface area contributed by atoms with Gasteiger partial charge < -0.3 is 0 Å². The largest absolute Gasteiger partial charge is 0.0625 e. The second-order valence-corrected chi connectivity index (χ2v) is 3.50. The Morgan fingerprint density at radius 2 is 1.83 bits per heavy atom. The molecule has 0 heterocycles. The minimum atomic E-state index is 0.716. The summed E-state index contributed by atoms with van der Waals surface area (Å²) in [6.07, 6.45) is 4.74. The average Bonchev–Trinajstić information content (AvgIpc) is 2.05. The van der Waals surface area contributed by atoms with Crippen LogP contribution in [0.3, 0.4) is 0 Å². The molecule has 1 aromatic rings. The molecule has 0 aliphatic rings. The van der Waals surface area contributed by atoms with Crippen LogP contribution in [0.4, 0.5) is 0 Å². The van der Waals surface area contributed by atoms with Gasteiger partial charge >= 0.3 is 0 Å². The highest BCUT2D eigenvalue weighted by Gasteiger charge is 1.95. The van der Waals surface area contributed by atoms with Gasteiger partial charge in [0.15, 0.2) is 0 Å². The fourth-order valence-corrected chi connectivity index (χ4v) is 1.23. The molecule has 12 heavy (non-hydrogen) atoms. The van der Waals surface area contributed by atoms with Crippen molar-refractivity contribution in [3.05, 3.63) is 42.3 Å². The van der Waals surface area contributed by atoms with Gasteiger partial charge in [0.05, 0.1) is 0 Å². The molecule has 0 bridgehead atoms. The SMILES string of the molecule is CC(C)[CH]CCc1ccccc1. The molecule has 65 valence electrons. The van der Waals surface area contributed by atoms with Crippen LogP contribution in [0.25, 0.3) is 0 Å². The third-order valence-electron chi connectivity index (χ3n) is 1.91. The van der Waals surface area contributed by atoms with Crippen LogP contribution in [0.1, 0.15) is 25.8 Å². The van der Waals surface area contributed by atoms with Gasteiger partial charge in [-0.1, -0.05) is 44.2 Å². The lowest BCUT2D eigenvalue weighted by atomic mass is 10.0. The summed E-state index contributed by atoms with van der Waals surface area (Å²) in [5.41, 5.74) is 1.44. The van der Waals surface area contributed by atoms with Crippen molar-refractivity contribution in [3.63, 3.8) is 0 Å². The van der Waals surface area contributed by atoms with Crippen LogP contribution in [-0.4, -0.2) is 0 Å². The maximum atomic E-state index is 2.37. The molecule has 0 amide bonds. The molecule has 0 atom stereocenters. The highest BCUT2D eigenvalue weighted by Crippen LogP contribution is 2.08. The zero-order valence-corrected chi connectivity index (χ0v) is 7.96. The highest BCUT2D eigenvalue weighted by atomic mass is 14.0. The minimum Gasteiger partial charge on any atom is -0.0625 e. The monoisotopic (exact) mass is 161 g/mol. The molecule has 0 aromatic heterocycles. The zero-order valence-electron chi connectivity index (χ0n) is 7.96. The minimum absolute atomic E-state index is 0.716. The van der Waals surface area contributed by atoms with Gasteiger partial charge in [0, 0.05) is 0 Å². The van der Waals surface area contributed by atoms with E-state index < -0.39 is 0 Å². The van der Waals surface area contributed by atoms with Crippen molar-refractivity contribution in [2.24, 2.45) is 5.92 Å². The summed E-state index contributed by atoms with van der Waals surface area (Å²) >= 11 is 0.